The number of hydrogen-bond acceptors (Lipinski definition) is 3. The Labute approximate surface area is 192 Å². The maximum absolute atomic E-state index is 12.0. The number of likely N-dealkylation sites (tertiary alicyclic amines) is 1. The van der Waals surface area contributed by atoms with E-state index in [0.29, 0.717) is 25.5 Å². The quantitative estimate of drug-likeness (QED) is 0.216. The zero-order chi connectivity index (χ0) is 20.0. The maximum Gasteiger partial charge on any atom is 0.222 e. The highest BCUT2D eigenvalue weighted by atomic mass is 127. The first-order valence-electron chi connectivity index (χ1n) is 10.7. The molecular formula is C22H37IN4O2. The molecular weight excluding hydrogens is 479 g/mol. The molecule has 0 atom stereocenters. The van der Waals surface area contributed by atoms with Gasteiger partial charge in [0.25, 0.3) is 0 Å². The van der Waals surface area contributed by atoms with Crippen LogP contribution in [0.3, 0.4) is 0 Å². The first-order valence-corrected chi connectivity index (χ1v) is 10.7. The summed E-state index contributed by atoms with van der Waals surface area (Å²) in [5.74, 6) is 1.13. The van der Waals surface area contributed by atoms with Crippen molar-refractivity contribution >= 4 is 35.8 Å². The Morgan fingerprint density at radius 1 is 1.10 bits per heavy atom. The van der Waals surface area contributed by atoms with Crippen molar-refractivity contribution in [3.05, 3.63) is 35.4 Å². The predicted octanol–water partition coefficient (Wildman–Crippen LogP) is 3.69. The predicted molar refractivity (Wildman–Crippen MR) is 130 cm³/mol. The monoisotopic (exact) mass is 516 g/mol. The lowest BCUT2D eigenvalue weighted by Gasteiger charge is -2.20. The number of hydrogen-bond donors (Lipinski definition) is 2. The molecule has 2 N–H and O–H groups in total. The van der Waals surface area contributed by atoms with Gasteiger partial charge in [-0.1, -0.05) is 30.7 Å². The van der Waals surface area contributed by atoms with Crippen LogP contribution in [-0.2, 0) is 22.7 Å². The van der Waals surface area contributed by atoms with E-state index in [1.807, 2.05) is 11.8 Å². The van der Waals surface area contributed by atoms with Gasteiger partial charge in [0, 0.05) is 39.2 Å². The van der Waals surface area contributed by atoms with Gasteiger partial charge in [-0.3, -0.25) is 4.79 Å². The lowest BCUT2D eigenvalue weighted by atomic mass is 10.1. The summed E-state index contributed by atoms with van der Waals surface area (Å²) in [7, 11) is 0. The summed E-state index contributed by atoms with van der Waals surface area (Å²) < 4.78 is 5.43. The second-order valence-electron chi connectivity index (χ2n) is 7.12. The minimum Gasteiger partial charge on any atom is -0.377 e. The van der Waals surface area contributed by atoms with E-state index in [-0.39, 0.29) is 24.0 Å². The van der Waals surface area contributed by atoms with Crippen LogP contribution in [0.15, 0.2) is 29.3 Å². The Kier molecular flexibility index (Phi) is 13.7. The molecule has 0 aliphatic carbocycles. The average molecular weight is 516 g/mol. The van der Waals surface area contributed by atoms with Crippen LogP contribution in [-0.4, -0.2) is 49.6 Å². The van der Waals surface area contributed by atoms with Gasteiger partial charge in [-0.2, -0.15) is 0 Å². The number of carbonyl (C=O) groups is 1. The van der Waals surface area contributed by atoms with Gasteiger partial charge in [0.15, 0.2) is 5.96 Å². The highest BCUT2D eigenvalue weighted by Gasteiger charge is 2.15. The molecule has 2 rings (SSSR count). The fourth-order valence-electron chi connectivity index (χ4n) is 3.22. The molecule has 1 amide bonds. The third-order valence-electron chi connectivity index (χ3n) is 4.83. The lowest BCUT2D eigenvalue weighted by Crippen LogP contribution is -2.39. The molecule has 1 fully saturated rings. The van der Waals surface area contributed by atoms with Crippen LogP contribution >= 0.6 is 24.0 Å². The Morgan fingerprint density at radius 3 is 2.59 bits per heavy atom. The molecule has 1 aromatic rings. The lowest BCUT2D eigenvalue weighted by molar-refractivity contribution is -0.130. The van der Waals surface area contributed by atoms with E-state index in [1.54, 1.807) is 0 Å². The summed E-state index contributed by atoms with van der Waals surface area (Å²) in [5, 5.41) is 6.67. The number of aliphatic imine (C=N–C) groups is 1. The summed E-state index contributed by atoms with van der Waals surface area (Å²) >= 11 is 0. The molecule has 0 spiro atoms. The Morgan fingerprint density at radius 2 is 1.86 bits per heavy atom. The molecule has 164 valence electrons. The maximum atomic E-state index is 12.0. The molecule has 0 unspecified atom stereocenters. The SMILES string of the molecule is CCNC(=NCc1ccc(COCC)cc1)NCCCN1CCCCCC1=O.I. The molecule has 0 bridgehead atoms. The number of nitrogens with one attached hydrogen (secondary N) is 2. The Balaban J connectivity index is 0.00000420. The van der Waals surface area contributed by atoms with Crippen LogP contribution < -0.4 is 10.6 Å². The number of benzene rings is 1. The summed E-state index contributed by atoms with van der Waals surface area (Å²) in [6.07, 6.45) is 4.98. The van der Waals surface area contributed by atoms with Crippen molar-refractivity contribution in [2.45, 2.75) is 59.1 Å². The van der Waals surface area contributed by atoms with Gasteiger partial charge >= 0.3 is 0 Å². The number of rotatable bonds is 10. The highest BCUT2D eigenvalue weighted by Crippen LogP contribution is 2.11. The van der Waals surface area contributed by atoms with Gasteiger partial charge in [0.05, 0.1) is 13.2 Å². The van der Waals surface area contributed by atoms with E-state index in [2.05, 4.69) is 46.8 Å². The zero-order valence-electron chi connectivity index (χ0n) is 17.9. The van der Waals surface area contributed by atoms with Crippen molar-refractivity contribution in [2.75, 3.05) is 32.8 Å². The average Bonchev–Trinajstić information content (AvgIpc) is 2.92. The molecule has 29 heavy (non-hydrogen) atoms. The fraction of sp³-hybridized carbons (Fsp3) is 0.636. The normalized spacial score (nSPS) is 14.9. The van der Waals surface area contributed by atoms with E-state index in [4.69, 9.17) is 4.74 Å². The minimum atomic E-state index is 0. The summed E-state index contributed by atoms with van der Waals surface area (Å²) in [6, 6.07) is 8.40. The first kappa shape index (κ1) is 25.7. The van der Waals surface area contributed by atoms with E-state index >= 15 is 0 Å². The molecule has 6 nitrogen and oxygen atoms in total. The molecule has 0 radical (unpaired) electrons. The first-order chi connectivity index (χ1) is 13.7. The van der Waals surface area contributed by atoms with Crippen LogP contribution in [0, 0.1) is 0 Å². The Bertz CT molecular complexity index is 607. The van der Waals surface area contributed by atoms with Gasteiger partial charge < -0.3 is 20.3 Å². The molecule has 1 heterocycles. The second kappa shape index (κ2) is 15.5. The molecule has 0 saturated carbocycles. The van der Waals surface area contributed by atoms with Gasteiger partial charge in [0.1, 0.15) is 0 Å². The highest BCUT2D eigenvalue weighted by molar-refractivity contribution is 14.0. The summed E-state index contributed by atoms with van der Waals surface area (Å²) in [5.41, 5.74) is 2.36. The van der Waals surface area contributed by atoms with Gasteiger partial charge in [-0.25, -0.2) is 4.99 Å². The van der Waals surface area contributed by atoms with E-state index < -0.39 is 0 Å². The van der Waals surface area contributed by atoms with Crippen molar-refractivity contribution in [1.29, 1.82) is 0 Å². The van der Waals surface area contributed by atoms with Crippen molar-refractivity contribution in [2.24, 2.45) is 4.99 Å². The molecule has 0 aromatic heterocycles. The van der Waals surface area contributed by atoms with Gasteiger partial charge in [-0.05, 0) is 44.2 Å². The molecule has 7 heteroatoms. The van der Waals surface area contributed by atoms with Crippen LogP contribution in [0.2, 0.25) is 0 Å². The number of guanidine groups is 1. The van der Waals surface area contributed by atoms with E-state index in [9.17, 15) is 4.79 Å². The third kappa shape index (κ3) is 10.3. The van der Waals surface area contributed by atoms with Crippen molar-refractivity contribution in [3.63, 3.8) is 0 Å². The molecule has 1 saturated heterocycles. The van der Waals surface area contributed by atoms with Crippen molar-refractivity contribution in [3.8, 4) is 0 Å². The summed E-state index contributed by atoms with van der Waals surface area (Å²) in [6.45, 7) is 9.46. The fourth-order valence-corrected chi connectivity index (χ4v) is 3.22. The minimum absolute atomic E-state index is 0. The van der Waals surface area contributed by atoms with Crippen molar-refractivity contribution in [1.82, 2.24) is 15.5 Å². The topological polar surface area (TPSA) is 66.0 Å². The van der Waals surface area contributed by atoms with E-state index in [1.165, 1.54) is 17.5 Å². The smallest absolute Gasteiger partial charge is 0.222 e. The van der Waals surface area contributed by atoms with Crippen LogP contribution in [0.25, 0.3) is 0 Å². The Hall–Kier alpha value is -1.35. The van der Waals surface area contributed by atoms with Crippen LogP contribution in [0.5, 0.6) is 0 Å². The number of ether oxygens (including phenoxy) is 1. The third-order valence-corrected chi connectivity index (χ3v) is 4.83. The molecule has 1 aliphatic heterocycles. The van der Waals surface area contributed by atoms with Crippen LogP contribution in [0.4, 0.5) is 0 Å². The zero-order valence-corrected chi connectivity index (χ0v) is 20.2. The van der Waals surface area contributed by atoms with Crippen LogP contribution in [0.1, 0.15) is 57.1 Å². The largest absolute Gasteiger partial charge is 0.377 e. The molecule has 1 aliphatic rings. The van der Waals surface area contributed by atoms with Gasteiger partial charge in [-0.15, -0.1) is 24.0 Å². The second-order valence-corrected chi connectivity index (χ2v) is 7.12. The van der Waals surface area contributed by atoms with Gasteiger partial charge in [0.2, 0.25) is 5.91 Å². The standard InChI is InChI=1S/C22H36N4O2.HI/c1-3-23-22(24-14-8-16-26-15-7-5-6-9-21(26)27)25-17-19-10-12-20(13-11-19)18-28-4-2;/h10-13H,3-9,14-18H2,1-2H3,(H2,23,24,25);1H. The number of halogens is 1. The summed E-state index contributed by atoms with van der Waals surface area (Å²) in [4.78, 5) is 18.7. The number of amides is 1. The number of carbonyl (C=O) groups excluding carboxylic acids is 1. The molecule has 1 aromatic carbocycles. The number of nitrogens with zero attached hydrogens (tertiary/aromatic N) is 2. The van der Waals surface area contributed by atoms with E-state index in [0.717, 1.165) is 58.0 Å². The van der Waals surface area contributed by atoms with Crippen molar-refractivity contribution < 1.29 is 9.53 Å².